The van der Waals surface area contributed by atoms with Gasteiger partial charge in [-0.05, 0) is 56.6 Å². The Balaban J connectivity index is 0.00000392. The molecule has 1 saturated heterocycles. The summed E-state index contributed by atoms with van der Waals surface area (Å²) in [6, 6.07) is 5.53. The maximum atomic E-state index is 12.2. The van der Waals surface area contributed by atoms with Crippen LogP contribution < -0.4 is 9.47 Å². The Kier molecular flexibility index (Phi) is 10.6. The number of ether oxygens (including phenoxy) is 3. The molecule has 1 aliphatic rings. The molecule has 0 spiro atoms. The van der Waals surface area contributed by atoms with Crippen molar-refractivity contribution >= 4 is 30.2 Å². The van der Waals surface area contributed by atoms with E-state index < -0.39 is 0 Å². The summed E-state index contributed by atoms with van der Waals surface area (Å²) in [5, 5.41) is 0. The third kappa shape index (κ3) is 7.17. The summed E-state index contributed by atoms with van der Waals surface area (Å²) in [5.41, 5.74) is 0.885. The Morgan fingerprint density at radius 1 is 1.14 bits per heavy atom. The van der Waals surface area contributed by atoms with E-state index in [9.17, 15) is 9.59 Å². The quantitative estimate of drug-likeness (QED) is 0.458. The van der Waals surface area contributed by atoms with Crippen LogP contribution in [0.3, 0.4) is 0 Å². The number of carbonyl (C=O) groups excluding carboxylic acids is 2. The van der Waals surface area contributed by atoms with Crippen molar-refractivity contribution in [2.45, 2.75) is 26.2 Å². The predicted octanol–water partition coefficient (Wildman–Crippen LogP) is 3.37. The molecule has 0 aromatic heterocycles. The molecule has 0 unspecified atom stereocenters. The zero-order valence-electron chi connectivity index (χ0n) is 16.8. The Morgan fingerprint density at radius 3 is 2.43 bits per heavy atom. The van der Waals surface area contributed by atoms with Gasteiger partial charge in [-0.1, -0.05) is 12.1 Å². The lowest BCUT2D eigenvalue weighted by Crippen LogP contribution is -2.37. The molecular formula is C21H30ClNO5. The highest BCUT2D eigenvalue weighted by Crippen LogP contribution is 2.28. The van der Waals surface area contributed by atoms with Crippen LogP contribution >= 0.6 is 12.4 Å². The van der Waals surface area contributed by atoms with Crippen molar-refractivity contribution in [2.75, 3.05) is 40.5 Å². The summed E-state index contributed by atoms with van der Waals surface area (Å²) in [4.78, 5) is 26.1. The number of ketones is 1. The largest absolute Gasteiger partial charge is 0.493 e. The standard InChI is InChI=1S/C21H29NO5.ClH/c1-4-27-21(24)17-9-12-22(13-10-17)14-11-18(23)7-5-16-6-8-19(25-2)20(15-16)26-3;/h5-8,15,17H,4,9-14H2,1-3H3;1H. The zero-order chi connectivity index (χ0) is 19.6. The van der Waals surface area contributed by atoms with E-state index in [1.807, 2.05) is 25.1 Å². The lowest BCUT2D eigenvalue weighted by molar-refractivity contribution is -0.149. The van der Waals surface area contributed by atoms with Gasteiger partial charge in [0.15, 0.2) is 17.3 Å². The van der Waals surface area contributed by atoms with Crippen molar-refractivity contribution in [3.63, 3.8) is 0 Å². The fraction of sp³-hybridized carbons (Fsp3) is 0.524. The van der Waals surface area contributed by atoms with Crippen LogP contribution in [0.5, 0.6) is 11.5 Å². The highest BCUT2D eigenvalue weighted by molar-refractivity contribution is 5.93. The topological polar surface area (TPSA) is 65.1 Å². The van der Waals surface area contributed by atoms with Gasteiger partial charge in [-0.2, -0.15) is 0 Å². The number of hydrogen-bond donors (Lipinski definition) is 0. The summed E-state index contributed by atoms with van der Waals surface area (Å²) < 4.78 is 15.6. The monoisotopic (exact) mass is 411 g/mol. The SMILES string of the molecule is CCOC(=O)C1CCN(CCC(=O)C=Cc2ccc(OC)c(OC)c2)CC1.Cl. The molecule has 1 aromatic rings. The van der Waals surface area contributed by atoms with E-state index in [1.54, 1.807) is 26.4 Å². The Bertz CT molecular complexity index is 669. The first-order chi connectivity index (χ1) is 13.1. The molecule has 0 N–H and O–H groups in total. The normalized spacial score (nSPS) is 15.1. The smallest absolute Gasteiger partial charge is 0.309 e. The Hall–Kier alpha value is -2.05. The third-order valence-electron chi connectivity index (χ3n) is 4.75. The number of likely N-dealkylation sites (tertiary alicyclic amines) is 1. The lowest BCUT2D eigenvalue weighted by Gasteiger charge is -2.30. The number of methoxy groups -OCH3 is 2. The maximum Gasteiger partial charge on any atom is 0.309 e. The van der Waals surface area contributed by atoms with Gasteiger partial charge in [-0.3, -0.25) is 9.59 Å². The molecule has 0 radical (unpaired) electrons. The first-order valence-electron chi connectivity index (χ1n) is 9.39. The van der Waals surface area contributed by atoms with Gasteiger partial charge in [0.25, 0.3) is 0 Å². The fourth-order valence-electron chi connectivity index (χ4n) is 3.15. The molecule has 0 atom stereocenters. The summed E-state index contributed by atoms with van der Waals surface area (Å²) >= 11 is 0. The van der Waals surface area contributed by atoms with Crippen molar-refractivity contribution < 1.29 is 23.8 Å². The predicted molar refractivity (Wildman–Crippen MR) is 111 cm³/mol. The number of rotatable bonds is 9. The molecule has 1 aliphatic heterocycles. The van der Waals surface area contributed by atoms with E-state index in [2.05, 4.69) is 4.90 Å². The van der Waals surface area contributed by atoms with E-state index >= 15 is 0 Å². The number of halogens is 1. The number of piperidine rings is 1. The van der Waals surface area contributed by atoms with Gasteiger partial charge in [-0.15, -0.1) is 12.4 Å². The minimum absolute atomic E-state index is 0. The number of nitrogens with zero attached hydrogens (tertiary/aromatic N) is 1. The first kappa shape index (κ1) is 24.0. The molecule has 0 saturated carbocycles. The van der Waals surface area contributed by atoms with Crippen LogP contribution in [0, 0.1) is 5.92 Å². The minimum Gasteiger partial charge on any atom is -0.493 e. The second-order valence-corrected chi connectivity index (χ2v) is 6.53. The average molecular weight is 412 g/mol. The van der Waals surface area contributed by atoms with Crippen LogP contribution in [0.2, 0.25) is 0 Å². The molecule has 6 nitrogen and oxygen atoms in total. The second-order valence-electron chi connectivity index (χ2n) is 6.53. The molecule has 2 rings (SSSR count). The number of benzene rings is 1. The fourth-order valence-corrected chi connectivity index (χ4v) is 3.15. The van der Waals surface area contributed by atoms with Gasteiger partial charge in [0.2, 0.25) is 0 Å². The van der Waals surface area contributed by atoms with Crippen LogP contribution in [-0.2, 0) is 14.3 Å². The first-order valence-corrected chi connectivity index (χ1v) is 9.39. The van der Waals surface area contributed by atoms with E-state index in [0.717, 1.165) is 31.5 Å². The number of carbonyl (C=O) groups is 2. The van der Waals surface area contributed by atoms with Crippen molar-refractivity contribution in [1.82, 2.24) is 4.90 Å². The van der Waals surface area contributed by atoms with Crippen molar-refractivity contribution in [3.8, 4) is 11.5 Å². The Labute approximate surface area is 173 Å². The van der Waals surface area contributed by atoms with E-state index in [1.165, 1.54) is 0 Å². The van der Waals surface area contributed by atoms with E-state index in [4.69, 9.17) is 14.2 Å². The molecule has 0 bridgehead atoms. The minimum atomic E-state index is -0.0916. The molecule has 0 amide bonds. The summed E-state index contributed by atoms with van der Waals surface area (Å²) in [6.45, 7) is 4.63. The molecule has 1 heterocycles. The molecule has 0 aliphatic carbocycles. The van der Waals surface area contributed by atoms with Crippen LogP contribution in [-0.4, -0.2) is 57.1 Å². The van der Waals surface area contributed by atoms with Crippen molar-refractivity contribution in [2.24, 2.45) is 5.92 Å². The molecule has 1 aromatic carbocycles. The van der Waals surface area contributed by atoms with Gasteiger partial charge in [0, 0.05) is 13.0 Å². The van der Waals surface area contributed by atoms with Gasteiger partial charge >= 0.3 is 5.97 Å². The molecule has 7 heteroatoms. The van der Waals surface area contributed by atoms with E-state index in [-0.39, 0.29) is 30.1 Å². The van der Waals surface area contributed by atoms with Gasteiger partial charge in [0.1, 0.15) is 0 Å². The van der Waals surface area contributed by atoms with Crippen LogP contribution in [0.1, 0.15) is 31.7 Å². The lowest BCUT2D eigenvalue weighted by atomic mass is 9.97. The second kappa shape index (κ2) is 12.4. The third-order valence-corrected chi connectivity index (χ3v) is 4.75. The van der Waals surface area contributed by atoms with E-state index in [0.29, 0.717) is 31.1 Å². The highest BCUT2D eigenvalue weighted by Gasteiger charge is 2.25. The molecule has 156 valence electrons. The van der Waals surface area contributed by atoms with Crippen LogP contribution in [0.4, 0.5) is 0 Å². The van der Waals surface area contributed by atoms with Crippen LogP contribution in [0.25, 0.3) is 6.08 Å². The van der Waals surface area contributed by atoms with Gasteiger partial charge < -0.3 is 19.1 Å². The van der Waals surface area contributed by atoms with Gasteiger partial charge in [-0.25, -0.2) is 0 Å². The van der Waals surface area contributed by atoms with Crippen molar-refractivity contribution in [3.05, 3.63) is 29.8 Å². The van der Waals surface area contributed by atoms with Crippen molar-refractivity contribution in [1.29, 1.82) is 0 Å². The number of hydrogen-bond acceptors (Lipinski definition) is 6. The maximum absolute atomic E-state index is 12.2. The molecule has 1 fully saturated rings. The zero-order valence-corrected chi connectivity index (χ0v) is 17.6. The summed E-state index contributed by atoms with van der Waals surface area (Å²) in [6.07, 6.45) is 5.46. The summed E-state index contributed by atoms with van der Waals surface area (Å²) in [5.74, 6) is 1.29. The Morgan fingerprint density at radius 2 is 1.82 bits per heavy atom. The van der Waals surface area contributed by atoms with Crippen LogP contribution in [0.15, 0.2) is 24.3 Å². The number of esters is 1. The van der Waals surface area contributed by atoms with Gasteiger partial charge in [0.05, 0.1) is 26.7 Å². The number of allylic oxidation sites excluding steroid dienone is 1. The highest BCUT2D eigenvalue weighted by atomic mass is 35.5. The molecule has 28 heavy (non-hydrogen) atoms. The molecular weight excluding hydrogens is 382 g/mol. The average Bonchev–Trinajstić information content (AvgIpc) is 2.71. The summed E-state index contributed by atoms with van der Waals surface area (Å²) in [7, 11) is 3.17.